The van der Waals surface area contributed by atoms with Gasteiger partial charge in [0.2, 0.25) is 6.33 Å². The van der Waals surface area contributed by atoms with Gasteiger partial charge in [-0.05, 0) is 25.0 Å². The van der Waals surface area contributed by atoms with Gasteiger partial charge in [0.05, 0.1) is 18.5 Å². The lowest BCUT2D eigenvalue weighted by Gasteiger charge is -2.00. The van der Waals surface area contributed by atoms with Gasteiger partial charge in [-0.25, -0.2) is 9.13 Å². The van der Waals surface area contributed by atoms with Crippen molar-refractivity contribution in [2.45, 2.75) is 56.9 Å². The first-order valence-electron chi connectivity index (χ1n) is 7.89. The number of nitrogens with zero attached hydrogens (tertiary/aromatic N) is 2. The summed E-state index contributed by atoms with van der Waals surface area (Å²) in [5, 5.41) is 0. The topological polar surface area (TPSA) is 63.2 Å². The van der Waals surface area contributed by atoms with Crippen LogP contribution >= 0.6 is 0 Å². The van der Waals surface area contributed by atoms with Gasteiger partial charge in [-0.15, -0.1) is 0 Å². The van der Waals surface area contributed by atoms with E-state index in [1.807, 2.05) is 17.9 Å². The molecule has 0 fully saturated rings. The van der Waals surface area contributed by atoms with Crippen LogP contribution in [0.5, 0.6) is 0 Å². The van der Waals surface area contributed by atoms with E-state index in [0.717, 1.165) is 24.0 Å². The lowest BCUT2D eigenvalue weighted by Crippen LogP contribution is -3.00. The van der Waals surface area contributed by atoms with Gasteiger partial charge in [0, 0.05) is 6.07 Å². The van der Waals surface area contributed by atoms with E-state index in [1.54, 1.807) is 6.07 Å². The van der Waals surface area contributed by atoms with E-state index < -0.39 is 10.1 Å². The van der Waals surface area contributed by atoms with Crippen molar-refractivity contribution in [2.24, 2.45) is 7.05 Å². The van der Waals surface area contributed by atoms with Crippen LogP contribution in [0, 0.1) is 0 Å². The van der Waals surface area contributed by atoms with Crippen LogP contribution in [-0.2, 0) is 23.7 Å². The molecule has 1 aromatic heterocycles. The van der Waals surface area contributed by atoms with Crippen molar-refractivity contribution in [3.05, 3.63) is 24.5 Å². The highest BCUT2D eigenvalue weighted by molar-refractivity contribution is 7.85. The molecule has 0 unspecified atom stereocenters. The van der Waals surface area contributed by atoms with Crippen LogP contribution < -0.4 is 17.0 Å². The second kappa shape index (κ2) is 8.66. The summed E-state index contributed by atoms with van der Waals surface area (Å²) in [6, 6.07) is 4.73. The highest BCUT2D eigenvalue weighted by Gasteiger charge is 2.17. The van der Waals surface area contributed by atoms with Gasteiger partial charge in [0.25, 0.3) is 10.1 Å². The molecule has 0 saturated heterocycles. The first-order valence-corrected chi connectivity index (χ1v) is 9.33. The number of aryl methyl sites for hydroxylation is 2. The third kappa shape index (κ3) is 5.19. The average Bonchev–Trinajstić information content (AvgIpc) is 2.78. The summed E-state index contributed by atoms with van der Waals surface area (Å²) in [5.74, 6) is 0. The number of benzene rings is 1. The zero-order chi connectivity index (χ0) is 16.2. The van der Waals surface area contributed by atoms with Crippen LogP contribution in [0.15, 0.2) is 29.4 Å². The Kier molecular flexibility index (Phi) is 7.51. The fourth-order valence-electron chi connectivity index (χ4n) is 2.76. The number of unbranched alkanes of at least 4 members (excludes halogenated alkanes) is 5. The average molecular weight is 361 g/mol. The van der Waals surface area contributed by atoms with Gasteiger partial charge < -0.3 is 12.4 Å². The van der Waals surface area contributed by atoms with Crippen LogP contribution in [-0.4, -0.2) is 17.5 Å². The third-order valence-electron chi connectivity index (χ3n) is 4.00. The molecule has 0 radical (unpaired) electrons. The molecule has 130 valence electrons. The molecule has 1 aromatic carbocycles. The number of fused-ring (bicyclic) bond motifs is 1. The van der Waals surface area contributed by atoms with Gasteiger partial charge in [0.1, 0.15) is 0 Å². The Hall–Kier alpha value is -1.11. The molecule has 0 atom stereocenters. The van der Waals surface area contributed by atoms with Gasteiger partial charge in [-0.1, -0.05) is 32.6 Å². The number of hydrogen-bond donors (Lipinski definition) is 1. The molecule has 0 spiro atoms. The van der Waals surface area contributed by atoms with Gasteiger partial charge in [0.15, 0.2) is 11.0 Å². The second-order valence-electron chi connectivity index (χ2n) is 5.81. The number of aromatic nitrogens is 2. The summed E-state index contributed by atoms with van der Waals surface area (Å²) in [6.07, 6.45) is 9.44. The lowest BCUT2D eigenvalue weighted by molar-refractivity contribution is -0.672. The van der Waals surface area contributed by atoms with Crippen molar-refractivity contribution >= 4 is 21.2 Å². The highest BCUT2D eigenvalue weighted by Crippen LogP contribution is 2.17. The minimum Gasteiger partial charge on any atom is -1.00 e. The van der Waals surface area contributed by atoms with Crippen molar-refractivity contribution in [3.8, 4) is 0 Å². The SMILES string of the molecule is CCCCCCCC[n+]1cn(C)c2cc(S(=O)(=O)O)ccc21.[Cl-]. The van der Waals surface area contributed by atoms with E-state index in [-0.39, 0.29) is 17.3 Å². The zero-order valence-electron chi connectivity index (χ0n) is 13.7. The Morgan fingerprint density at radius 3 is 2.43 bits per heavy atom. The molecule has 23 heavy (non-hydrogen) atoms. The van der Waals surface area contributed by atoms with Crippen LogP contribution in [0.1, 0.15) is 45.4 Å². The minimum absolute atomic E-state index is 0. The molecular weight excluding hydrogens is 336 g/mol. The molecule has 0 amide bonds. The molecule has 0 aliphatic rings. The Labute approximate surface area is 144 Å². The van der Waals surface area contributed by atoms with Crippen LogP contribution in [0.4, 0.5) is 0 Å². The fourth-order valence-corrected chi connectivity index (χ4v) is 3.26. The smallest absolute Gasteiger partial charge is 0.294 e. The van der Waals surface area contributed by atoms with E-state index >= 15 is 0 Å². The van der Waals surface area contributed by atoms with E-state index in [2.05, 4.69) is 11.5 Å². The minimum atomic E-state index is -4.15. The van der Waals surface area contributed by atoms with Crippen molar-refractivity contribution in [2.75, 3.05) is 0 Å². The first-order chi connectivity index (χ1) is 10.4. The summed E-state index contributed by atoms with van der Waals surface area (Å²) in [4.78, 5) is -0.0621. The Bertz CT molecular complexity index is 741. The van der Waals surface area contributed by atoms with Crippen molar-refractivity contribution in [1.29, 1.82) is 0 Å². The van der Waals surface area contributed by atoms with Crippen LogP contribution in [0.2, 0.25) is 0 Å². The third-order valence-corrected chi connectivity index (χ3v) is 4.85. The number of rotatable bonds is 8. The second-order valence-corrected chi connectivity index (χ2v) is 7.23. The summed E-state index contributed by atoms with van der Waals surface area (Å²) >= 11 is 0. The predicted molar refractivity (Wildman–Crippen MR) is 86.3 cm³/mol. The molecule has 2 rings (SSSR count). The molecule has 0 saturated carbocycles. The maximum atomic E-state index is 11.2. The number of hydrogen-bond acceptors (Lipinski definition) is 2. The van der Waals surface area contributed by atoms with Crippen molar-refractivity contribution in [3.63, 3.8) is 0 Å². The monoisotopic (exact) mass is 360 g/mol. The summed E-state index contributed by atoms with van der Waals surface area (Å²) in [5.41, 5.74) is 1.80. The van der Waals surface area contributed by atoms with E-state index in [4.69, 9.17) is 4.55 Å². The van der Waals surface area contributed by atoms with Gasteiger partial charge in [-0.2, -0.15) is 8.42 Å². The molecule has 1 N–H and O–H groups in total. The fraction of sp³-hybridized carbons (Fsp3) is 0.562. The number of halogens is 1. The Morgan fingerprint density at radius 2 is 1.78 bits per heavy atom. The predicted octanol–water partition coefficient (Wildman–Crippen LogP) is 0.0770. The van der Waals surface area contributed by atoms with Crippen molar-refractivity contribution < 1.29 is 29.9 Å². The first kappa shape index (κ1) is 19.9. The Morgan fingerprint density at radius 1 is 1.13 bits per heavy atom. The molecule has 0 aliphatic heterocycles. The van der Waals surface area contributed by atoms with Crippen molar-refractivity contribution in [1.82, 2.24) is 4.57 Å². The molecular formula is C16H25ClN2O3S. The Balaban J connectivity index is 0.00000264. The normalized spacial score (nSPS) is 11.6. The molecule has 0 aliphatic carbocycles. The quantitative estimate of drug-likeness (QED) is 0.412. The molecule has 0 bridgehead atoms. The number of imidazole rings is 1. The summed E-state index contributed by atoms with van der Waals surface area (Å²) in [7, 11) is -2.27. The van der Waals surface area contributed by atoms with Gasteiger partial charge in [-0.3, -0.25) is 4.55 Å². The summed E-state index contributed by atoms with van der Waals surface area (Å²) < 4.78 is 35.6. The van der Waals surface area contributed by atoms with E-state index in [1.165, 1.54) is 44.2 Å². The van der Waals surface area contributed by atoms with Gasteiger partial charge >= 0.3 is 0 Å². The zero-order valence-corrected chi connectivity index (χ0v) is 15.3. The maximum absolute atomic E-state index is 11.2. The molecule has 7 heteroatoms. The standard InChI is InChI=1S/C16H24N2O3S.ClH/c1-3-4-5-6-7-8-11-18-13-17(2)16-12-14(22(19,20)21)9-10-15(16)18;/h9-10,12-13H,3-8,11H2,1-2H3;1H. The largest absolute Gasteiger partial charge is 1.00 e. The van der Waals surface area contributed by atoms with Crippen LogP contribution in [0.25, 0.3) is 11.0 Å². The maximum Gasteiger partial charge on any atom is 0.294 e. The van der Waals surface area contributed by atoms with E-state index in [0.29, 0.717) is 0 Å². The van der Waals surface area contributed by atoms with Crippen LogP contribution in [0.3, 0.4) is 0 Å². The molecule has 5 nitrogen and oxygen atoms in total. The lowest BCUT2D eigenvalue weighted by atomic mass is 10.1. The molecule has 2 aromatic rings. The van der Waals surface area contributed by atoms with E-state index in [9.17, 15) is 8.42 Å². The highest BCUT2D eigenvalue weighted by atomic mass is 35.5. The summed E-state index contributed by atoms with van der Waals surface area (Å²) in [6.45, 7) is 3.14. The molecule has 1 heterocycles.